The first-order chi connectivity index (χ1) is 17.5. The second-order valence-electron chi connectivity index (χ2n) is 8.71. The maximum Gasteiger partial charge on any atom is 0.267 e. The molecule has 2 aromatic heterocycles. The minimum atomic E-state index is -0.342. The number of aromatic nitrogens is 4. The number of rotatable bonds is 9. The molecule has 1 atom stereocenters. The fourth-order valence-corrected chi connectivity index (χ4v) is 3.84. The van der Waals surface area contributed by atoms with E-state index in [4.69, 9.17) is 4.74 Å². The second kappa shape index (κ2) is 11.4. The average molecular weight is 481 g/mol. The summed E-state index contributed by atoms with van der Waals surface area (Å²) in [6.07, 6.45) is 4.28. The lowest BCUT2D eigenvalue weighted by atomic mass is 10.0. The molecule has 0 aliphatic heterocycles. The lowest BCUT2D eigenvalue weighted by Crippen LogP contribution is -2.26. The summed E-state index contributed by atoms with van der Waals surface area (Å²) < 4.78 is 7.16. The van der Waals surface area contributed by atoms with Crippen LogP contribution in [0.3, 0.4) is 0 Å². The molecule has 1 unspecified atom stereocenters. The van der Waals surface area contributed by atoms with Crippen molar-refractivity contribution in [2.45, 2.75) is 19.4 Å². The van der Waals surface area contributed by atoms with E-state index in [0.29, 0.717) is 35.0 Å². The summed E-state index contributed by atoms with van der Waals surface area (Å²) in [5.41, 5.74) is 3.26. The molecule has 0 N–H and O–H groups in total. The molecule has 0 radical (unpaired) electrons. The molecule has 182 valence electrons. The predicted molar refractivity (Wildman–Crippen MR) is 139 cm³/mol. The molecule has 0 spiro atoms. The molecule has 0 fully saturated rings. The Morgan fingerprint density at radius 3 is 2.58 bits per heavy atom. The molecular weight excluding hydrogens is 452 g/mol. The molecule has 0 saturated carbocycles. The summed E-state index contributed by atoms with van der Waals surface area (Å²) >= 11 is 0. The van der Waals surface area contributed by atoms with E-state index in [9.17, 15) is 10.1 Å². The second-order valence-corrected chi connectivity index (χ2v) is 8.71. The Morgan fingerprint density at radius 1 is 1.06 bits per heavy atom. The zero-order valence-electron chi connectivity index (χ0n) is 20.6. The van der Waals surface area contributed by atoms with Crippen LogP contribution < -0.4 is 10.3 Å². The predicted octanol–water partition coefficient (Wildman–Crippen LogP) is 4.18. The van der Waals surface area contributed by atoms with Gasteiger partial charge in [0.15, 0.2) is 11.6 Å². The van der Waals surface area contributed by atoms with E-state index < -0.39 is 0 Å². The number of nitriles is 1. The quantitative estimate of drug-likeness (QED) is 0.332. The Labute approximate surface area is 210 Å². The van der Waals surface area contributed by atoms with Crippen molar-refractivity contribution in [3.05, 3.63) is 94.5 Å². The van der Waals surface area contributed by atoms with Crippen molar-refractivity contribution in [1.82, 2.24) is 24.6 Å². The monoisotopic (exact) mass is 480 g/mol. The van der Waals surface area contributed by atoms with Crippen molar-refractivity contribution in [2.24, 2.45) is 0 Å². The minimum Gasteiger partial charge on any atom is -0.490 e. The zero-order valence-corrected chi connectivity index (χ0v) is 20.6. The van der Waals surface area contributed by atoms with Crippen LogP contribution in [0.25, 0.3) is 22.6 Å². The average Bonchev–Trinajstić information content (AvgIpc) is 2.91. The van der Waals surface area contributed by atoms with Crippen LogP contribution in [0.15, 0.2) is 77.9 Å². The molecule has 36 heavy (non-hydrogen) atoms. The highest BCUT2D eigenvalue weighted by molar-refractivity contribution is 5.66. The summed E-state index contributed by atoms with van der Waals surface area (Å²) in [6, 6.07) is 19.9. The van der Waals surface area contributed by atoms with Gasteiger partial charge < -0.3 is 9.64 Å². The molecule has 8 nitrogen and oxygen atoms in total. The van der Waals surface area contributed by atoms with Crippen molar-refractivity contribution < 1.29 is 4.74 Å². The molecule has 4 rings (SSSR count). The third-order valence-corrected chi connectivity index (χ3v) is 5.79. The van der Waals surface area contributed by atoms with Gasteiger partial charge in [-0.1, -0.05) is 36.4 Å². The first-order valence-electron chi connectivity index (χ1n) is 11.8. The molecule has 0 saturated heterocycles. The summed E-state index contributed by atoms with van der Waals surface area (Å²) in [4.78, 5) is 23.7. The highest BCUT2D eigenvalue weighted by atomic mass is 16.5. The molecule has 2 heterocycles. The first-order valence-corrected chi connectivity index (χ1v) is 11.8. The summed E-state index contributed by atoms with van der Waals surface area (Å²) in [5.74, 6) is 1.20. The molecule has 0 bridgehead atoms. The summed E-state index contributed by atoms with van der Waals surface area (Å²) in [5, 5.41) is 14.0. The normalized spacial score (nSPS) is 11.8. The minimum absolute atomic E-state index is 0.224. The Hall–Kier alpha value is -4.35. The molecule has 0 aliphatic rings. The van der Waals surface area contributed by atoms with Gasteiger partial charge in [0.05, 0.1) is 42.4 Å². The van der Waals surface area contributed by atoms with Crippen LogP contribution in [-0.4, -0.2) is 51.9 Å². The molecule has 8 heteroatoms. The fraction of sp³-hybridized carbons (Fsp3) is 0.250. The molecule has 2 aromatic carbocycles. The van der Waals surface area contributed by atoms with Crippen LogP contribution in [0.2, 0.25) is 0 Å². The Bertz CT molecular complexity index is 1420. The fourth-order valence-electron chi connectivity index (χ4n) is 3.84. The van der Waals surface area contributed by atoms with Crippen molar-refractivity contribution in [3.63, 3.8) is 0 Å². The van der Waals surface area contributed by atoms with Crippen LogP contribution in [-0.2, 0) is 0 Å². The van der Waals surface area contributed by atoms with Gasteiger partial charge in [-0.15, -0.1) is 0 Å². The van der Waals surface area contributed by atoms with Crippen LogP contribution in [0.4, 0.5) is 0 Å². The van der Waals surface area contributed by atoms with Crippen LogP contribution in [0.1, 0.15) is 30.5 Å². The van der Waals surface area contributed by atoms with Crippen molar-refractivity contribution in [1.29, 1.82) is 5.26 Å². The molecule has 0 aliphatic carbocycles. The van der Waals surface area contributed by atoms with E-state index in [0.717, 1.165) is 24.1 Å². The number of hydrogen-bond donors (Lipinski definition) is 0. The number of hydrogen-bond acceptors (Lipinski definition) is 7. The Kier molecular flexibility index (Phi) is 7.83. The first kappa shape index (κ1) is 24.8. The number of benzene rings is 2. The van der Waals surface area contributed by atoms with Gasteiger partial charge in [-0.3, -0.25) is 4.79 Å². The van der Waals surface area contributed by atoms with Crippen LogP contribution >= 0.6 is 0 Å². The molecule has 0 amide bonds. The topological polar surface area (TPSA) is 96.9 Å². The standard InChI is InChI=1S/C28H28N6O2/c1-20(34-27(35)13-12-26(32-34)25-11-5-4-8-23(25)17-29)21-9-6-10-22(16-21)28-30-18-24(19-31-28)36-15-7-14-33(2)3/h4-6,8-13,16,18-20H,7,14-15H2,1-3H3. The van der Waals surface area contributed by atoms with Gasteiger partial charge in [0.25, 0.3) is 5.56 Å². The van der Waals surface area contributed by atoms with E-state index >= 15 is 0 Å². The summed E-state index contributed by atoms with van der Waals surface area (Å²) in [6.45, 7) is 3.47. The van der Waals surface area contributed by atoms with Gasteiger partial charge in [-0.2, -0.15) is 10.4 Å². The highest BCUT2D eigenvalue weighted by Gasteiger charge is 2.15. The highest BCUT2D eigenvalue weighted by Crippen LogP contribution is 2.24. The van der Waals surface area contributed by atoms with E-state index in [1.165, 1.54) is 10.7 Å². The number of nitrogens with zero attached hydrogens (tertiary/aromatic N) is 6. The molecule has 4 aromatic rings. The van der Waals surface area contributed by atoms with Crippen molar-refractivity contribution in [2.75, 3.05) is 27.2 Å². The van der Waals surface area contributed by atoms with Crippen molar-refractivity contribution in [3.8, 4) is 34.5 Å². The lowest BCUT2D eigenvalue weighted by Gasteiger charge is -2.16. The zero-order chi connectivity index (χ0) is 25.5. The third-order valence-electron chi connectivity index (χ3n) is 5.79. The third kappa shape index (κ3) is 5.82. The van der Waals surface area contributed by atoms with E-state index in [1.807, 2.05) is 57.4 Å². The lowest BCUT2D eigenvalue weighted by molar-refractivity contribution is 0.280. The largest absolute Gasteiger partial charge is 0.490 e. The van der Waals surface area contributed by atoms with E-state index in [1.54, 1.807) is 30.6 Å². The van der Waals surface area contributed by atoms with Gasteiger partial charge in [0, 0.05) is 23.7 Å². The Balaban J connectivity index is 1.55. The number of ether oxygens (including phenoxy) is 1. The smallest absolute Gasteiger partial charge is 0.267 e. The van der Waals surface area contributed by atoms with E-state index in [-0.39, 0.29) is 11.6 Å². The summed E-state index contributed by atoms with van der Waals surface area (Å²) in [7, 11) is 4.06. The van der Waals surface area contributed by atoms with Gasteiger partial charge >= 0.3 is 0 Å². The van der Waals surface area contributed by atoms with E-state index in [2.05, 4.69) is 26.0 Å². The van der Waals surface area contributed by atoms with Gasteiger partial charge in [0.2, 0.25) is 0 Å². The van der Waals surface area contributed by atoms with Gasteiger partial charge in [-0.25, -0.2) is 14.6 Å². The van der Waals surface area contributed by atoms with Crippen LogP contribution in [0, 0.1) is 11.3 Å². The van der Waals surface area contributed by atoms with Crippen LogP contribution in [0.5, 0.6) is 5.75 Å². The maximum atomic E-state index is 12.7. The SMILES string of the molecule is CC(c1cccc(-c2ncc(OCCCN(C)C)cn2)c1)n1nc(-c2ccccc2C#N)ccc1=O. The van der Waals surface area contributed by atoms with Gasteiger partial charge in [0.1, 0.15) is 0 Å². The maximum absolute atomic E-state index is 12.7. The molecular formula is C28H28N6O2. The van der Waals surface area contributed by atoms with Gasteiger partial charge in [-0.05, 0) is 51.2 Å². The Morgan fingerprint density at radius 2 is 1.83 bits per heavy atom. The van der Waals surface area contributed by atoms with Crippen molar-refractivity contribution >= 4 is 0 Å².